The molecule has 0 radical (unpaired) electrons. The Balaban J connectivity index is 1.87. The van der Waals surface area contributed by atoms with E-state index in [1.165, 1.54) is 0 Å². The van der Waals surface area contributed by atoms with Crippen molar-refractivity contribution in [2.75, 3.05) is 0 Å². The Morgan fingerprint density at radius 2 is 2.00 bits per heavy atom. The van der Waals surface area contributed by atoms with E-state index in [-0.39, 0.29) is 30.5 Å². The van der Waals surface area contributed by atoms with Crippen LogP contribution in [0.5, 0.6) is 0 Å². The summed E-state index contributed by atoms with van der Waals surface area (Å²) in [6, 6.07) is 7.45. The van der Waals surface area contributed by atoms with Gasteiger partial charge in [-0.25, -0.2) is 0 Å². The Hall–Kier alpha value is -1.65. The van der Waals surface area contributed by atoms with Crippen LogP contribution in [0.1, 0.15) is 50.5 Å². The molecule has 1 aromatic carbocycles. The van der Waals surface area contributed by atoms with Crippen LogP contribution in [0.3, 0.4) is 0 Å². The Labute approximate surface area is 153 Å². The Morgan fingerprint density at radius 1 is 1.24 bits per heavy atom. The molecule has 1 aromatic rings. The fourth-order valence-electron chi connectivity index (χ4n) is 3.42. The molecule has 1 saturated carbocycles. The third kappa shape index (κ3) is 6.29. The number of hydrogen-bond donors (Lipinski definition) is 2. The molecule has 0 bridgehead atoms. The molecule has 0 saturated heterocycles. The van der Waals surface area contributed by atoms with Crippen molar-refractivity contribution in [3.8, 4) is 0 Å². The molecule has 1 fully saturated rings. The summed E-state index contributed by atoms with van der Waals surface area (Å²) in [4.78, 5) is 22.7. The zero-order chi connectivity index (χ0) is 18.2. The third-order valence-electron chi connectivity index (χ3n) is 4.75. The van der Waals surface area contributed by atoms with Crippen molar-refractivity contribution in [3.63, 3.8) is 0 Å². The highest BCUT2D eigenvalue weighted by molar-refractivity contribution is 6.30. The highest BCUT2D eigenvalue weighted by Crippen LogP contribution is 2.34. The van der Waals surface area contributed by atoms with E-state index in [1.54, 1.807) is 6.07 Å². The molecule has 2 rings (SSSR count). The van der Waals surface area contributed by atoms with Gasteiger partial charge in [0, 0.05) is 29.7 Å². The number of benzene rings is 1. The summed E-state index contributed by atoms with van der Waals surface area (Å²) >= 11 is 5.98. The molecule has 0 aromatic heterocycles. The van der Waals surface area contributed by atoms with Gasteiger partial charge in [-0.05, 0) is 30.5 Å². The van der Waals surface area contributed by atoms with E-state index in [1.807, 2.05) is 30.4 Å². The molecule has 3 atom stereocenters. The smallest absolute Gasteiger partial charge is 0.303 e. The van der Waals surface area contributed by atoms with Crippen molar-refractivity contribution in [1.82, 2.24) is 0 Å². The van der Waals surface area contributed by atoms with E-state index >= 15 is 0 Å². The highest BCUT2D eigenvalue weighted by atomic mass is 35.5. The fourth-order valence-corrected chi connectivity index (χ4v) is 3.62. The van der Waals surface area contributed by atoms with Gasteiger partial charge >= 0.3 is 5.97 Å². The van der Waals surface area contributed by atoms with Crippen molar-refractivity contribution in [1.29, 1.82) is 0 Å². The number of carbonyl (C=O) groups excluding carboxylic acids is 1. The van der Waals surface area contributed by atoms with Gasteiger partial charge in [-0.3, -0.25) is 9.59 Å². The van der Waals surface area contributed by atoms with Gasteiger partial charge in [0.25, 0.3) is 0 Å². The first kappa shape index (κ1) is 19.7. The first-order chi connectivity index (χ1) is 12.0. The van der Waals surface area contributed by atoms with Crippen molar-refractivity contribution in [2.24, 2.45) is 11.8 Å². The van der Waals surface area contributed by atoms with Crippen LogP contribution >= 0.6 is 11.6 Å². The second-order valence-electron chi connectivity index (χ2n) is 6.68. The SMILES string of the molecule is O=C(O)CCCCCCC1C(=O)CC(O)C1C=Cc1cccc(Cl)c1. The molecule has 1 aliphatic carbocycles. The number of carboxylic acid groups (broad SMARTS) is 1. The lowest BCUT2D eigenvalue weighted by Crippen LogP contribution is -2.18. The molecule has 25 heavy (non-hydrogen) atoms. The number of aliphatic hydroxyl groups excluding tert-OH is 1. The highest BCUT2D eigenvalue weighted by Gasteiger charge is 2.39. The minimum absolute atomic E-state index is 0.124. The van der Waals surface area contributed by atoms with Crippen LogP contribution in [0, 0.1) is 11.8 Å². The average molecular weight is 365 g/mol. The molecule has 0 spiro atoms. The van der Waals surface area contributed by atoms with E-state index in [9.17, 15) is 14.7 Å². The van der Waals surface area contributed by atoms with Gasteiger partial charge in [0.1, 0.15) is 5.78 Å². The number of unbranched alkanes of at least 4 members (excludes halogenated alkanes) is 3. The van der Waals surface area contributed by atoms with E-state index in [4.69, 9.17) is 16.7 Å². The summed E-state index contributed by atoms with van der Waals surface area (Å²) in [6.45, 7) is 0. The van der Waals surface area contributed by atoms with E-state index in [2.05, 4.69) is 0 Å². The molecule has 0 amide bonds. The molecule has 2 N–H and O–H groups in total. The standard InChI is InChI=1S/C20H25ClO4/c21-15-7-5-6-14(12-15)10-11-17-16(18(22)13-19(17)23)8-3-1-2-4-9-20(24)25/h5-7,10-12,16-17,19,23H,1-4,8-9,13H2,(H,24,25). The van der Waals surface area contributed by atoms with E-state index in [0.29, 0.717) is 11.4 Å². The number of Topliss-reactive ketones (excluding diaryl/α,β-unsaturated/α-hetero) is 1. The Bertz CT molecular complexity index is 626. The van der Waals surface area contributed by atoms with Crippen molar-refractivity contribution >= 4 is 29.4 Å². The van der Waals surface area contributed by atoms with E-state index in [0.717, 1.165) is 31.2 Å². The van der Waals surface area contributed by atoms with Gasteiger partial charge in [-0.15, -0.1) is 0 Å². The lowest BCUT2D eigenvalue weighted by atomic mass is 9.88. The molecule has 136 valence electrons. The van der Waals surface area contributed by atoms with Gasteiger partial charge in [0.15, 0.2) is 0 Å². The monoisotopic (exact) mass is 364 g/mol. The van der Waals surface area contributed by atoms with Gasteiger partial charge in [-0.2, -0.15) is 0 Å². The zero-order valence-electron chi connectivity index (χ0n) is 14.2. The summed E-state index contributed by atoms with van der Waals surface area (Å²) in [5.74, 6) is -0.950. The molecule has 3 unspecified atom stereocenters. The first-order valence-electron chi connectivity index (χ1n) is 8.83. The van der Waals surface area contributed by atoms with Crippen LogP contribution in [-0.4, -0.2) is 28.1 Å². The topological polar surface area (TPSA) is 74.6 Å². The first-order valence-corrected chi connectivity index (χ1v) is 9.21. The third-order valence-corrected chi connectivity index (χ3v) is 4.98. The number of ketones is 1. The lowest BCUT2D eigenvalue weighted by molar-refractivity contribution is -0.137. The van der Waals surface area contributed by atoms with Gasteiger partial charge in [0.2, 0.25) is 0 Å². The summed E-state index contributed by atoms with van der Waals surface area (Å²) in [5.41, 5.74) is 0.950. The van der Waals surface area contributed by atoms with Crippen LogP contribution in [0.15, 0.2) is 30.3 Å². The van der Waals surface area contributed by atoms with Crippen molar-refractivity contribution in [3.05, 3.63) is 40.9 Å². The van der Waals surface area contributed by atoms with Crippen LogP contribution in [0.4, 0.5) is 0 Å². The van der Waals surface area contributed by atoms with Crippen LogP contribution in [-0.2, 0) is 9.59 Å². The Morgan fingerprint density at radius 3 is 2.72 bits per heavy atom. The average Bonchev–Trinajstić information content (AvgIpc) is 2.82. The predicted octanol–water partition coefficient (Wildman–Crippen LogP) is 4.34. The zero-order valence-corrected chi connectivity index (χ0v) is 15.0. The molecular weight excluding hydrogens is 340 g/mol. The van der Waals surface area contributed by atoms with Gasteiger partial charge in [0.05, 0.1) is 6.10 Å². The molecule has 4 nitrogen and oxygen atoms in total. The largest absolute Gasteiger partial charge is 0.481 e. The lowest BCUT2D eigenvalue weighted by Gasteiger charge is -2.17. The number of hydrogen-bond acceptors (Lipinski definition) is 3. The maximum absolute atomic E-state index is 12.2. The minimum Gasteiger partial charge on any atom is -0.481 e. The molecule has 0 aliphatic heterocycles. The second kappa shape index (κ2) is 9.73. The maximum atomic E-state index is 12.2. The fraction of sp³-hybridized carbons (Fsp3) is 0.500. The minimum atomic E-state index is -0.764. The Kier molecular flexibility index (Phi) is 7.66. The number of aliphatic carboxylic acids is 1. The van der Waals surface area contributed by atoms with Gasteiger partial charge < -0.3 is 10.2 Å². The van der Waals surface area contributed by atoms with Crippen LogP contribution < -0.4 is 0 Å². The van der Waals surface area contributed by atoms with E-state index < -0.39 is 12.1 Å². The number of carboxylic acids is 1. The quantitative estimate of drug-likeness (QED) is 0.639. The number of halogens is 1. The van der Waals surface area contributed by atoms with Crippen molar-refractivity contribution in [2.45, 2.75) is 51.0 Å². The van der Waals surface area contributed by atoms with Crippen molar-refractivity contribution < 1.29 is 19.8 Å². The summed E-state index contributed by atoms with van der Waals surface area (Å²) < 4.78 is 0. The van der Waals surface area contributed by atoms with Gasteiger partial charge in [-0.1, -0.05) is 55.1 Å². The number of carbonyl (C=O) groups is 2. The molecule has 1 aliphatic rings. The normalized spacial score (nSPS) is 23.4. The maximum Gasteiger partial charge on any atom is 0.303 e. The summed E-state index contributed by atoms with van der Waals surface area (Å²) in [5, 5.41) is 19.5. The summed E-state index contributed by atoms with van der Waals surface area (Å²) in [6.07, 6.45) is 7.71. The molecule has 0 heterocycles. The second-order valence-corrected chi connectivity index (χ2v) is 7.12. The van der Waals surface area contributed by atoms with Crippen LogP contribution in [0.2, 0.25) is 5.02 Å². The molecule has 5 heteroatoms. The number of aliphatic hydroxyl groups is 1. The van der Waals surface area contributed by atoms with Crippen LogP contribution in [0.25, 0.3) is 6.08 Å². The predicted molar refractivity (Wildman–Crippen MR) is 98.4 cm³/mol. The number of rotatable bonds is 9. The molecular formula is C20H25ClO4. The summed E-state index contributed by atoms with van der Waals surface area (Å²) in [7, 11) is 0.